The van der Waals surface area contributed by atoms with Gasteiger partial charge in [0, 0.05) is 16.7 Å². The van der Waals surface area contributed by atoms with Crippen LogP contribution in [0.5, 0.6) is 0 Å². The molecule has 0 saturated heterocycles. The van der Waals surface area contributed by atoms with E-state index in [1.165, 1.54) is 24.3 Å². The number of hydrogen-bond acceptors (Lipinski definition) is 4. The second-order valence-electron chi connectivity index (χ2n) is 8.88. The minimum Gasteiger partial charge on any atom is -0.478 e. The van der Waals surface area contributed by atoms with Gasteiger partial charge in [0.15, 0.2) is 5.43 Å². The third kappa shape index (κ3) is 3.87. The fourth-order valence-corrected chi connectivity index (χ4v) is 5.02. The van der Waals surface area contributed by atoms with Crippen molar-refractivity contribution in [2.24, 2.45) is 0 Å². The van der Waals surface area contributed by atoms with Crippen molar-refractivity contribution in [1.29, 1.82) is 0 Å². The molecule has 5 nitrogen and oxygen atoms in total. The summed E-state index contributed by atoms with van der Waals surface area (Å²) < 4.78 is 34.2. The van der Waals surface area contributed by atoms with Crippen LogP contribution in [0.4, 0.5) is 14.5 Å². The third-order valence-electron chi connectivity index (χ3n) is 6.66. The van der Waals surface area contributed by atoms with Crippen molar-refractivity contribution in [3.63, 3.8) is 0 Å². The number of carboxylic acids is 1. The first-order valence-corrected chi connectivity index (χ1v) is 11.4. The number of nitrogens with one attached hydrogen (secondary N) is 1. The molecule has 4 aromatic rings. The molecule has 1 heterocycles. The molecule has 1 atom stereocenters. The molecule has 0 unspecified atom stereocenters. The maximum absolute atomic E-state index is 14.3. The number of carboxylic acid groups (broad SMARTS) is 1. The van der Waals surface area contributed by atoms with Crippen molar-refractivity contribution in [2.45, 2.75) is 39.2 Å². The van der Waals surface area contributed by atoms with Gasteiger partial charge in [0.25, 0.3) is 0 Å². The van der Waals surface area contributed by atoms with Crippen molar-refractivity contribution in [1.82, 2.24) is 0 Å². The Balaban J connectivity index is 1.73. The zero-order valence-electron chi connectivity index (χ0n) is 19.2. The number of anilines is 1. The van der Waals surface area contributed by atoms with Gasteiger partial charge in [0.05, 0.1) is 17.1 Å². The molecule has 35 heavy (non-hydrogen) atoms. The summed E-state index contributed by atoms with van der Waals surface area (Å²) in [4.78, 5) is 25.1. The zero-order chi connectivity index (χ0) is 24.9. The molecule has 178 valence electrons. The van der Waals surface area contributed by atoms with Crippen LogP contribution in [0.15, 0.2) is 57.7 Å². The fraction of sp³-hybridized carbons (Fsp3) is 0.214. The number of fused-ring (bicyclic) bond motifs is 2. The quantitative estimate of drug-likeness (QED) is 0.349. The average Bonchev–Trinajstić information content (AvgIpc) is 3.29. The van der Waals surface area contributed by atoms with Crippen LogP contribution in [0.1, 0.15) is 52.0 Å². The van der Waals surface area contributed by atoms with E-state index in [0.717, 1.165) is 42.0 Å². The number of aromatic carboxylic acids is 1. The molecule has 0 fully saturated rings. The van der Waals surface area contributed by atoms with E-state index in [-0.39, 0.29) is 11.1 Å². The van der Waals surface area contributed by atoms with E-state index >= 15 is 0 Å². The van der Waals surface area contributed by atoms with Crippen molar-refractivity contribution in [3.05, 3.63) is 98.2 Å². The summed E-state index contributed by atoms with van der Waals surface area (Å²) in [5, 5.41) is 13.1. The number of halogens is 2. The normalized spacial score (nSPS) is 13.6. The number of aryl methyl sites for hydroxylation is 1. The van der Waals surface area contributed by atoms with Gasteiger partial charge in [0.1, 0.15) is 28.5 Å². The molecule has 0 aliphatic heterocycles. The minimum atomic E-state index is -1.37. The summed E-state index contributed by atoms with van der Waals surface area (Å²) in [6.45, 7) is 3.52. The maximum atomic E-state index is 14.3. The lowest BCUT2D eigenvalue weighted by atomic mass is 9.93. The van der Waals surface area contributed by atoms with E-state index < -0.39 is 29.2 Å². The first-order chi connectivity index (χ1) is 16.8. The fourth-order valence-electron chi connectivity index (χ4n) is 5.02. The molecule has 2 N–H and O–H groups in total. The number of hydrogen-bond donors (Lipinski definition) is 2. The minimum absolute atomic E-state index is 0.141. The highest BCUT2D eigenvalue weighted by atomic mass is 19.1. The Kier molecular flexibility index (Phi) is 5.63. The molecule has 1 aliphatic carbocycles. The van der Waals surface area contributed by atoms with Gasteiger partial charge in [-0.05, 0) is 86.7 Å². The van der Waals surface area contributed by atoms with Gasteiger partial charge in [-0.1, -0.05) is 6.07 Å². The monoisotopic (exact) mass is 475 g/mol. The summed E-state index contributed by atoms with van der Waals surface area (Å²) in [7, 11) is 0. The van der Waals surface area contributed by atoms with Crippen LogP contribution in [-0.4, -0.2) is 11.1 Å². The highest BCUT2D eigenvalue weighted by Crippen LogP contribution is 2.38. The molecule has 1 aliphatic rings. The molecule has 1 aromatic heterocycles. The molecule has 0 radical (unpaired) electrons. The van der Waals surface area contributed by atoms with Crippen LogP contribution in [0.25, 0.3) is 22.3 Å². The van der Waals surface area contributed by atoms with Crippen LogP contribution in [0, 0.1) is 18.6 Å². The van der Waals surface area contributed by atoms with Crippen molar-refractivity contribution in [2.75, 3.05) is 5.32 Å². The van der Waals surface area contributed by atoms with Crippen LogP contribution >= 0.6 is 0 Å². The highest BCUT2D eigenvalue weighted by molar-refractivity contribution is 5.95. The van der Waals surface area contributed by atoms with Gasteiger partial charge >= 0.3 is 5.97 Å². The van der Waals surface area contributed by atoms with Crippen LogP contribution < -0.4 is 10.7 Å². The number of benzene rings is 3. The van der Waals surface area contributed by atoms with Gasteiger partial charge in [0.2, 0.25) is 0 Å². The summed E-state index contributed by atoms with van der Waals surface area (Å²) >= 11 is 0. The van der Waals surface area contributed by atoms with E-state index in [2.05, 4.69) is 5.32 Å². The largest absolute Gasteiger partial charge is 0.478 e. The Morgan fingerprint density at radius 3 is 2.57 bits per heavy atom. The summed E-state index contributed by atoms with van der Waals surface area (Å²) in [5.41, 5.74) is 3.77. The molecule has 0 spiro atoms. The maximum Gasteiger partial charge on any atom is 0.340 e. The van der Waals surface area contributed by atoms with E-state index in [1.807, 2.05) is 13.0 Å². The lowest BCUT2D eigenvalue weighted by Gasteiger charge is -2.22. The van der Waals surface area contributed by atoms with E-state index in [9.17, 15) is 23.5 Å². The van der Waals surface area contributed by atoms with E-state index in [0.29, 0.717) is 27.9 Å². The number of rotatable bonds is 5. The Morgan fingerprint density at radius 2 is 1.86 bits per heavy atom. The highest BCUT2D eigenvalue weighted by Gasteiger charge is 2.27. The molecule has 0 amide bonds. The van der Waals surface area contributed by atoms with Gasteiger partial charge in [-0.2, -0.15) is 0 Å². The summed E-state index contributed by atoms with van der Waals surface area (Å²) in [6, 6.07) is 11.2. The van der Waals surface area contributed by atoms with Crippen LogP contribution in [-0.2, 0) is 12.8 Å². The Morgan fingerprint density at radius 1 is 1.11 bits per heavy atom. The average molecular weight is 475 g/mol. The second kappa shape index (κ2) is 8.65. The van der Waals surface area contributed by atoms with Gasteiger partial charge in [-0.3, -0.25) is 4.79 Å². The molecule has 0 bridgehead atoms. The SMILES string of the molecule is Cc1c(-c2ccc(F)cc2)oc2c([C@@H](C)Nc3cccc(F)c3C(=O)O)c3c(cc2c1=O)CCC3. The molecular weight excluding hydrogens is 452 g/mol. The Bertz CT molecular complexity index is 1540. The molecule has 5 rings (SSSR count). The number of carbonyl (C=O) groups is 1. The lowest BCUT2D eigenvalue weighted by Crippen LogP contribution is -2.16. The van der Waals surface area contributed by atoms with Crippen molar-refractivity contribution in [3.8, 4) is 11.3 Å². The predicted molar refractivity (Wildman–Crippen MR) is 130 cm³/mol. The molecule has 3 aromatic carbocycles. The first kappa shape index (κ1) is 22.8. The molecule has 0 saturated carbocycles. The van der Waals surface area contributed by atoms with Crippen LogP contribution in [0.2, 0.25) is 0 Å². The standard InChI is InChI=1S/C28H23F2NO4/c1-14-25(32)20-13-17-5-3-6-19(17)23(27(20)35-26(14)16-9-11-18(29)12-10-16)15(2)31-22-8-4-7-21(30)24(22)28(33)34/h4,7-13,15,31H,3,5-6H2,1-2H3,(H,33,34)/t15-/m1/s1. The third-order valence-corrected chi connectivity index (χ3v) is 6.66. The van der Waals surface area contributed by atoms with Crippen molar-refractivity contribution >= 4 is 22.6 Å². The summed E-state index contributed by atoms with van der Waals surface area (Å²) in [6.07, 6.45) is 2.53. The molecular formula is C28H23F2NO4. The van der Waals surface area contributed by atoms with Gasteiger partial charge in [-0.25, -0.2) is 13.6 Å². The smallest absolute Gasteiger partial charge is 0.340 e. The van der Waals surface area contributed by atoms with Crippen LogP contribution in [0.3, 0.4) is 0 Å². The van der Waals surface area contributed by atoms with Crippen molar-refractivity contribution < 1.29 is 23.1 Å². The molecule has 7 heteroatoms. The predicted octanol–water partition coefficient (Wildman–Crippen LogP) is 6.41. The second-order valence-corrected chi connectivity index (χ2v) is 8.88. The van der Waals surface area contributed by atoms with Gasteiger partial charge < -0.3 is 14.8 Å². The topological polar surface area (TPSA) is 79.5 Å². The Labute approximate surface area is 200 Å². The summed E-state index contributed by atoms with van der Waals surface area (Å²) in [5.74, 6) is -2.25. The van der Waals surface area contributed by atoms with Gasteiger partial charge in [-0.15, -0.1) is 0 Å². The van der Waals surface area contributed by atoms with E-state index in [1.54, 1.807) is 19.1 Å². The first-order valence-electron chi connectivity index (χ1n) is 11.4. The van der Waals surface area contributed by atoms with E-state index in [4.69, 9.17) is 4.42 Å². The lowest BCUT2D eigenvalue weighted by molar-refractivity contribution is 0.0693. The zero-order valence-corrected chi connectivity index (χ0v) is 19.2. The Hall–Kier alpha value is -4.00.